The van der Waals surface area contributed by atoms with Crippen LogP contribution in [0, 0.1) is 0 Å². The van der Waals surface area contributed by atoms with Crippen molar-refractivity contribution in [2.45, 2.75) is 71.3 Å². The van der Waals surface area contributed by atoms with E-state index in [2.05, 4.69) is 16.9 Å². The first-order valence-electron chi connectivity index (χ1n) is 9.97. The molecule has 0 saturated carbocycles. The lowest BCUT2D eigenvalue weighted by molar-refractivity contribution is 0.174. The monoisotopic (exact) mass is 356 g/mol. The predicted molar refractivity (Wildman–Crippen MR) is 106 cm³/mol. The molecule has 1 heterocycles. The molecule has 1 aromatic carbocycles. The number of unbranched alkanes of at least 4 members (excludes halogenated alkanes) is 6. The molecule has 0 aliphatic heterocycles. The van der Waals surface area contributed by atoms with Crippen LogP contribution < -0.4 is 4.74 Å². The lowest BCUT2D eigenvalue weighted by Crippen LogP contribution is -2.01. The average molecular weight is 357 g/mol. The van der Waals surface area contributed by atoms with Gasteiger partial charge >= 0.3 is 6.01 Å². The molecule has 0 aliphatic carbocycles. The fourth-order valence-corrected chi connectivity index (χ4v) is 2.92. The molecule has 26 heavy (non-hydrogen) atoms. The van der Waals surface area contributed by atoms with E-state index in [1.54, 1.807) is 12.4 Å². The summed E-state index contributed by atoms with van der Waals surface area (Å²) in [7, 11) is 0. The SMILES string of the molecule is CCCCCCCCCOc1ncc(-c2cccc(C(O)CC)c2)cn1. The minimum absolute atomic E-state index is 0.430. The van der Waals surface area contributed by atoms with Gasteiger partial charge in [0.2, 0.25) is 0 Å². The molecule has 1 N–H and O–H groups in total. The van der Waals surface area contributed by atoms with Gasteiger partial charge in [-0.2, -0.15) is 0 Å². The van der Waals surface area contributed by atoms with Gasteiger partial charge in [-0.15, -0.1) is 0 Å². The highest BCUT2D eigenvalue weighted by Crippen LogP contribution is 2.24. The summed E-state index contributed by atoms with van der Waals surface area (Å²) in [5.74, 6) is 0. The highest BCUT2D eigenvalue weighted by Gasteiger charge is 2.07. The van der Waals surface area contributed by atoms with Crippen LogP contribution in [0.5, 0.6) is 6.01 Å². The van der Waals surface area contributed by atoms with Crippen molar-refractivity contribution in [1.82, 2.24) is 9.97 Å². The molecule has 1 aromatic heterocycles. The van der Waals surface area contributed by atoms with Gasteiger partial charge in [-0.25, -0.2) is 9.97 Å². The van der Waals surface area contributed by atoms with Gasteiger partial charge in [-0.3, -0.25) is 0 Å². The van der Waals surface area contributed by atoms with Crippen LogP contribution >= 0.6 is 0 Å². The van der Waals surface area contributed by atoms with Crippen LogP contribution in [0.15, 0.2) is 36.7 Å². The van der Waals surface area contributed by atoms with E-state index < -0.39 is 6.10 Å². The van der Waals surface area contributed by atoms with Crippen molar-refractivity contribution < 1.29 is 9.84 Å². The smallest absolute Gasteiger partial charge is 0.316 e. The average Bonchev–Trinajstić information content (AvgIpc) is 2.70. The Bertz CT molecular complexity index is 628. The third-order valence-corrected chi connectivity index (χ3v) is 4.60. The summed E-state index contributed by atoms with van der Waals surface area (Å²) in [6.07, 6.45) is 12.7. The Balaban J connectivity index is 1.78. The zero-order chi connectivity index (χ0) is 18.6. The molecule has 2 rings (SSSR count). The van der Waals surface area contributed by atoms with Gasteiger partial charge < -0.3 is 9.84 Å². The van der Waals surface area contributed by atoms with Crippen molar-refractivity contribution in [3.63, 3.8) is 0 Å². The number of rotatable bonds is 12. The molecule has 0 amide bonds. The molecule has 1 unspecified atom stereocenters. The largest absolute Gasteiger partial charge is 0.463 e. The van der Waals surface area contributed by atoms with E-state index >= 15 is 0 Å². The molecule has 1 atom stereocenters. The molecular weight excluding hydrogens is 324 g/mol. The lowest BCUT2D eigenvalue weighted by atomic mass is 10.0. The van der Waals surface area contributed by atoms with Crippen molar-refractivity contribution in [2.75, 3.05) is 6.61 Å². The van der Waals surface area contributed by atoms with Gasteiger partial charge in [-0.05, 0) is 30.0 Å². The zero-order valence-corrected chi connectivity index (χ0v) is 16.2. The molecule has 0 fully saturated rings. The van der Waals surface area contributed by atoms with Crippen LogP contribution in [0.3, 0.4) is 0 Å². The molecule has 4 heteroatoms. The Morgan fingerprint density at radius 2 is 1.62 bits per heavy atom. The Hall–Kier alpha value is -1.94. The van der Waals surface area contributed by atoms with E-state index in [4.69, 9.17) is 4.74 Å². The topological polar surface area (TPSA) is 55.2 Å². The molecule has 0 spiro atoms. The van der Waals surface area contributed by atoms with Gasteiger partial charge in [-0.1, -0.05) is 70.6 Å². The number of aliphatic hydroxyl groups excluding tert-OH is 1. The van der Waals surface area contributed by atoms with E-state index in [1.165, 1.54) is 38.5 Å². The lowest BCUT2D eigenvalue weighted by Gasteiger charge is -2.10. The van der Waals surface area contributed by atoms with E-state index in [9.17, 15) is 5.11 Å². The highest BCUT2D eigenvalue weighted by atomic mass is 16.5. The maximum atomic E-state index is 9.99. The normalized spacial score (nSPS) is 12.1. The van der Waals surface area contributed by atoms with Crippen molar-refractivity contribution in [1.29, 1.82) is 0 Å². The zero-order valence-electron chi connectivity index (χ0n) is 16.2. The van der Waals surface area contributed by atoms with Crippen molar-refractivity contribution in [2.24, 2.45) is 0 Å². The predicted octanol–water partition coefficient (Wildman–Crippen LogP) is 5.72. The van der Waals surface area contributed by atoms with E-state index in [0.717, 1.165) is 23.1 Å². The summed E-state index contributed by atoms with van der Waals surface area (Å²) >= 11 is 0. The van der Waals surface area contributed by atoms with Crippen molar-refractivity contribution >= 4 is 0 Å². The van der Waals surface area contributed by atoms with Crippen LogP contribution in [-0.4, -0.2) is 21.7 Å². The van der Waals surface area contributed by atoms with Gasteiger partial charge in [0.05, 0.1) is 12.7 Å². The summed E-state index contributed by atoms with van der Waals surface area (Å²) in [5.41, 5.74) is 2.86. The maximum Gasteiger partial charge on any atom is 0.316 e. The second-order valence-corrected chi connectivity index (χ2v) is 6.77. The highest BCUT2D eigenvalue weighted by molar-refractivity contribution is 5.62. The molecule has 2 aromatic rings. The van der Waals surface area contributed by atoms with Crippen LogP contribution in [0.1, 0.15) is 76.9 Å². The number of nitrogens with zero attached hydrogens (tertiary/aromatic N) is 2. The van der Waals surface area contributed by atoms with E-state index in [-0.39, 0.29) is 0 Å². The number of aliphatic hydroxyl groups is 1. The van der Waals surface area contributed by atoms with Crippen LogP contribution in [0.25, 0.3) is 11.1 Å². The summed E-state index contributed by atoms with van der Waals surface area (Å²) in [6.45, 7) is 4.88. The third kappa shape index (κ3) is 6.75. The van der Waals surface area contributed by atoms with Gasteiger partial charge in [0.1, 0.15) is 0 Å². The number of aromatic nitrogens is 2. The molecule has 0 radical (unpaired) electrons. The fourth-order valence-electron chi connectivity index (χ4n) is 2.92. The fraction of sp³-hybridized carbons (Fsp3) is 0.545. The second kappa shape index (κ2) is 11.6. The number of benzene rings is 1. The first-order valence-corrected chi connectivity index (χ1v) is 9.97. The van der Waals surface area contributed by atoms with Crippen molar-refractivity contribution in [3.05, 3.63) is 42.2 Å². The van der Waals surface area contributed by atoms with Gasteiger partial charge in [0.25, 0.3) is 0 Å². The van der Waals surface area contributed by atoms with Crippen LogP contribution in [0.2, 0.25) is 0 Å². The quantitative estimate of drug-likeness (QED) is 0.494. The van der Waals surface area contributed by atoms with Crippen molar-refractivity contribution in [3.8, 4) is 17.1 Å². The Labute approximate surface area is 157 Å². The second-order valence-electron chi connectivity index (χ2n) is 6.77. The Morgan fingerprint density at radius 1 is 0.923 bits per heavy atom. The standard InChI is InChI=1S/C22H32N2O2/c1-3-5-6-7-8-9-10-14-26-22-23-16-20(17-24-22)18-12-11-13-19(15-18)21(25)4-2/h11-13,15-17,21,25H,3-10,14H2,1-2H3. The maximum absolute atomic E-state index is 9.99. The number of ether oxygens (including phenoxy) is 1. The van der Waals surface area contributed by atoms with Crippen LogP contribution in [-0.2, 0) is 0 Å². The summed E-state index contributed by atoms with van der Waals surface area (Å²) in [5, 5.41) is 9.99. The number of hydrogen-bond donors (Lipinski definition) is 1. The first-order chi connectivity index (χ1) is 12.7. The summed E-state index contributed by atoms with van der Waals surface area (Å²) < 4.78 is 5.64. The van der Waals surface area contributed by atoms with E-state index in [0.29, 0.717) is 19.0 Å². The molecule has 0 bridgehead atoms. The molecule has 0 aliphatic rings. The Morgan fingerprint density at radius 3 is 2.31 bits per heavy atom. The van der Waals surface area contributed by atoms with E-state index in [1.807, 2.05) is 31.2 Å². The molecular formula is C22H32N2O2. The summed E-state index contributed by atoms with van der Waals surface area (Å²) in [6, 6.07) is 8.33. The molecule has 142 valence electrons. The van der Waals surface area contributed by atoms with Gasteiger partial charge in [0.15, 0.2) is 0 Å². The number of hydrogen-bond acceptors (Lipinski definition) is 4. The van der Waals surface area contributed by atoms with Gasteiger partial charge in [0, 0.05) is 18.0 Å². The minimum Gasteiger partial charge on any atom is -0.463 e. The third-order valence-electron chi connectivity index (χ3n) is 4.60. The Kier molecular flexibility index (Phi) is 9.11. The summed E-state index contributed by atoms with van der Waals surface area (Å²) in [4.78, 5) is 8.62. The first kappa shape index (κ1) is 20.4. The minimum atomic E-state index is -0.430. The molecule has 0 saturated heterocycles. The van der Waals surface area contributed by atoms with Crippen LogP contribution in [0.4, 0.5) is 0 Å². The molecule has 4 nitrogen and oxygen atoms in total.